The summed E-state index contributed by atoms with van der Waals surface area (Å²) in [5, 5.41) is 12.0. The maximum Gasteiger partial charge on any atom is 0.328 e. The third-order valence-electron chi connectivity index (χ3n) is 3.02. The summed E-state index contributed by atoms with van der Waals surface area (Å²) in [7, 11) is 0. The summed E-state index contributed by atoms with van der Waals surface area (Å²) in [6.07, 6.45) is 1.50. The van der Waals surface area contributed by atoms with Crippen LogP contribution in [0.5, 0.6) is 0 Å². The highest BCUT2D eigenvalue weighted by Crippen LogP contribution is 2.16. The summed E-state index contributed by atoms with van der Waals surface area (Å²) < 4.78 is 0. The molecule has 0 atom stereocenters. The van der Waals surface area contributed by atoms with Crippen LogP contribution in [0.15, 0.2) is 18.3 Å². The van der Waals surface area contributed by atoms with E-state index in [0.29, 0.717) is 24.5 Å². The SMILES string of the molecule is CCN(CC)C(=O)c1cc(NC(C)(C)C(=O)O)ccn1. The monoisotopic (exact) mass is 279 g/mol. The number of carboxylic acids is 1. The second kappa shape index (κ2) is 6.36. The van der Waals surface area contributed by atoms with Crippen LogP contribution in [0.3, 0.4) is 0 Å². The zero-order valence-corrected chi connectivity index (χ0v) is 12.3. The first-order valence-corrected chi connectivity index (χ1v) is 6.58. The van der Waals surface area contributed by atoms with Crippen molar-refractivity contribution in [3.05, 3.63) is 24.0 Å². The molecule has 0 unspecified atom stereocenters. The van der Waals surface area contributed by atoms with Crippen LogP contribution in [-0.2, 0) is 4.79 Å². The van der Waals surface area contributed by atoms with Gasteiger partial charge in [0, 0.05) is 25.0 Å². The smallest absolute Gasteiger partial charge is 0.328 e. The lowest BCUT2D eigenvalue weighted by atomic mass is 10.1. The van der Waals surface area contributed by atoms with E-state index in [9.17, 15) is 9.59 Å². The Bertz CT molecular complexity index is 496. The van der Waals surface area contributed by atoms with E-state index in [-0.39, 0.29) is 5.91 Å². The fourth-order valence-corrected chi connectivity index (χ4v) is 1.71. The second-order valence-corrected chi connectivity index (χ2v) is 4.96. The molecule has 0 radical (unpaired) electrons. The topological polar surface area (TPSA) is 82.5 Å². The number of carbonyl (C=O) groups is 2. The number of carbonyl (C=O) groups excluding carboxylic acids is 1. The number of carboxylic acid groups (broad SMARTS) is 1. The van der Waals surface area contributed by atoms with Crippen molar-refractivity contribution >= 4 is 17.6 Å². The van der Waals surface area contributed by atoms with E-state index in [2.05, 4.69) is 10.3 Å². The zero-order chi connectivity index (χ0) is 15.3. The minimum absolute atomic E-state index is 0.160. The fourth-order valence-electron chi connectivity index (χ4n) is 1.71. The van der Waals surface area contributed by atoms with E-state index in [1.165, 1.54) is 6.20 Å². The third kappa shape index (κ3) is 3.69. The molecule has 1 heterocycles. The third-order valence-corrected chi connectivity index (χ3v) is 3.02. The van der Waals surface area contributed by atoms with Gasteiger partial charge in [-0.1, -0.05) is 0 Å². The molecule has 20 heavy (non-hydrogen) atoms. The predicted octanol–water partition coefficient (Wildman–Crippen LogP) is 1.84. The molecule has 6 nitrogen and oxygen atoms in total. The van der Waals surface area contributed by atoms with E-state index in [1.807, 2.05) is 13.8 Å². The summed E-state index contributed by atoms with van der Waals surface area (Å²) in [4.78, 5) is 29.0. The highest BCUT2D eigenvalue weighted by Gasteiger charge is 2.27. The van der Waals surface area contributed by atoms with E-state index >= 15 is 0 Å². The number of hydrogen-bond acceptors (Lipinski definition) is 4. The molecule has 1 aromatic rings. The average Bonchev–Trinajstić information content (AvgIpc) is 2.39. The van der Waals surface area contributed by atoms with Gasteiger partial charge in [0.1, 0.15) is 11.2 Å². The summed E-state index contributed by atoms with van der Waals surface area (Å²) in [6, 6.07) is 3.22. The molecule has 110 valence electrons. The van der Waals surface area contributed by atoms with Gasteiger partial charge in [-0.3, -0.25) is 9.78 Å². The lowest BCUT2D eigenvalue weighted by molar-refractivity contribution is -0.141. The summed E-state index contributed by atoms with van der Waals surface area (Å²) in [5.74, 6) is -1.13. The lowest BCUT2D eigenvalue weighted by Gasteiger charge is -2.23. The number of aromatic nitrogens is 1. The van der Waals surface area contributed by atoms with Gasteiger partial charge in [0.15, 0.2) is 0 Å². The highest BCUT2D eigenvalue weighted by molar-refractivity contribution is 5.93. The number of pyridine rings is 1. The molecule has 1 amide bonds. The van der Waals surface area contributed by atoms with Crippen molar-refractivity contribution in [3.63, 3.8) is 0 Å². The Morgan fingerprint density at radius 3 is 2.45 bits per heavy atom. The first-order valence-electron chi connectivity index (χ1n) is 6.58. The van der Waals surface area contributed by atoms with E-state index in [0.717, 1.165) is 0 Å². The Labute approximate surface area is 118 Å². The number of amides is 1. The normalized spacial score (nSPS) is 11.0. The van der Waals surface area contributed by atoms with Crippen molar-refractivity contribution in [1.29, 1.82) is 0 Å². The molecule has 0 aliphatic heterocycles. The Morgan fingerprint density at radius 2 is 1.95 bits per heavy atom. The number of anilines is 1. The zero-order valence-electron chi connectivity index (χ0n) is 12.3. The van der Waals surface area contributed by atoms with Gasteiger partial charge in [0.2, 0.25) is 0 Å². The molecular weight excluding hydrogens is 258 g/mol. The molecule has 0 bridgehead atoms. The van der Waals surface area contributed by atoms with E-state index < -0.39 is 11.5 Å². The molecule has 0 aliphatic carbocycles. The minimum atomic E-state index is -1.11. The Kier molecular flexibility index (Phi) is 5.07. The quantitative estimate of drug-likeness (QED) is 0.830. The highest BCUT2D eigenvalue weighted by atomic mass is 16.4. The summed E-state index contributed by atoms with van der Waals surface area (Å²) in [5.41, 5.74) is -0.251. The Hall–Kier alpha value is -2.11. The van der Waals surface area contributed by atoms with E-state index in [4.69, 9.17) is 5.11 Å². The van der Waals surface area contributed by atoms with E-state index in [1.54, 1.807) is 30.9 Å². The van der Waals surface area contributed by atoms with Gasteiger partial charge in [-0.05, 0) is 39.8 Å². The molecule has 0 saturated heterocycles. The molecule has 0 aromatic carbocycles. The lowest BCUT2D eigenvalue weighted by Crippen LogP contribution is -2.40. The Balaban J connectivity index is 2.97. The largest absolute Gasteiger partial charge is 0.480 e. The predicted molar refractivity (Wildman–Crippen MR) is 76.8 cm³/mol. The first kappa shape index (κ1) is 15.9. The summed E-state index contributed by atoms with van der Waals surface area (Å²) >= 11 is 0. The molecule has 2 N–H and O–H groups in total. The number of nitrogens with one attached hydrogen (secondary N) is 1. The van der Waals surface area contributed by atoms with Gasteiger partial charge in [-0.25, -0.2) is 4.79 Å². The number of rotatable bonds is 6. The van der Waals surface area contributed by atoms with Gasteiger partial charge in [0.05, 0.1) is 0 Å². The molecule has 0 fully saturated rings. The van der Waals surface area contributed by atoms with Crippen molar-refractivity contribution in [1.82, 2.24) is 9.88 Å². The van der Waals surface area contributed by atoms with Gasteiger partial charge in [-0.15, -0.1) is 0 Å². The van der Waals surface area contributed by atoms with Crippen LogP contribution >= 0.6 is 0 Å². The van der Waals surface area contributed by atoms with Gasteiger partial charge in [-0.2, -0.15) is 0 Å². The maximum atomic E-state index is 12.2. The van der Waals surface area contributed by atoms with Crippen molar-refractivity contribution in [2.24, 2.45) is 0 Å². The first-order chi connectivity index (χ1) is 9.31. The number of aliphatic carboxylic acids is 1. The van der Waals surface area contributed by atoms with Crippen molar-refractivity contribution in [2.75, 3.05) is 18.4 Å². The molecule has 1 rings (SSSR count). The number of nitrogens with zero attached hydrogens (tertiary/aromatic N) is 2. The van der Waals surface area contributed by atoms with Crippen LogP contribution in [0.1, 0.15) is 38.2 Å². The number of hydrogen-bond donors (Lipinski definition) is 2. The fraction of sp³-hybridized carbons (Fsp3) is 0.500. The molecule has 1 aromatic heterocycles. The molecule has 0 saturated carbocycles. The molecule has 0 aliphatic rings. The van der Waals surface area contributed by atoms with Crippen LogP contribution in [-0.4, -0.2) is 45.5 Å². The van der Waals surface area contributed by atoms with Crippen LogP contribution in [0, 0.1) is 0 Å². The van der Waals surface area contributed by atoms with Gasteiger partial charge in [0.25, 0.3) is 5.91 Å². The summed E-state index contributed by atoms with van der Waals surface area (Å²) in [6.45, 7) is 8.13. The van der Waals surface area contributed by atoms with Crippen LogP contribution < -0.4 is 5.32 Å². The van der Waals surface area contributed by atoms with Crippen LogP contribution in [0.4, 0.5) is 5.69 Å². The molecule has 6 heteroatoms. The molecular formula is C14H21N3O3. The minimum Gasteiger partial charge on any atom is -0.480 e. The van der Waals surface area contributed by atoms with Gasteiger partial charge >= 0.3 is 5.97 Å². The standard InChI is InChI=1S/C14H21N3O3/c1-5-17(6-2)12(18)11-9-10(7-8-15-11)16-14(3,4)13(19)20/h7-9H,5-6H2,1-4H3,(H,15,16)(H,19,20). The average molecular weight is 279 g/mol. The van der Waals surface area contributed by atoms with Crippen molar-refractivity contribution in [2.45, 2.75) is 33.2 Å². The van der Waals surface area contributed by atoms with Crippen LogP contribution in [0.25, 0.3) is 0 Å². The Morgan fingerprint density at radius 1 is 1.35 bits per heavy atom. The second-order valence-electron chi connectivity index (χ2n) is 4.96. The van der Waals surface area contributed by atoms with Crippen molar-refractivity contribution < 1.29 is 14.7 Å². The van der Waals surface area contributed by atoms with Crippen molar-refractivity contribution in [3.8, 4) is 0 Å². The van der Waals surface area contributed by atoms with Crippen LogP contribution in [0.2, 0.25) is 0 Å². The maximum absolute atomic E-state index is 12.2. The van der Waals surface area contributed by atoms with Gasteiger partial charge < -0.3 is 15.3 Å². The molecule has 0 spiro atoms.